The van der Waals surface area contributed by atoms with E-state index in [2.05, 4.69) is 23.8 Å². The topological polar surface area (TPSA) is 78.9 Å². The van der Waals surface area contributed by atoms with Gasteiger partial charge in [0, 0.05) is 52.3 Å². The van der Waals surface area contributed by atoms with Gasteiger partial charge < -0.3 is 19.4 Å². The molecular weight excluding hydrogens is 358 g/mol. The number of anilines is 1. The Morgan fingerprint density at radius 3 is 2.61 bits per heavy atom. The molecule has 2 aliphatic heterocycles. The molecule has 2 amide bonds. The van der Waals surface area contributed by atoms with E-state index in [1.165, 1.54) is 0 Å². The summed E-state index contributed by atoms with van der Waals surface area (Å²) in [6, 6.07) is 0.187. The number of hydrogen-bond donors (Lipinski definition) is 0. The molecule has 8 nitrogen and oxygen atoms in total. The summed E-state index contributed by atoms with van der Waals surface area (Å²) in [4.78, 5) is 39.4. The van der Waals surface area contributed by atoms with Gasteiger partial charge in [-0.05, 0) is 20.3 Å². The molecular formula is C20H31N5O3. The molecule has 3 heterocycles. The standard InChI is InChI=1S/C20H31N5O3/c1-6-7-14(2)25-13-20(28-19(25)27)8-10-24(11-9-20)17(26)16-12-21-18(23(4)5)22-15(16)3/h12,14H,6-11,13H2,1-5H3/t14-/m1/s1. The van der Waals surface area contributed by atoms with Gasteiger partial charge in [-0.3, -0.25) is 4.79 Å². The Morgan fingerprint density at radius 1 is 1.36 bits per heavy atom. The molecule has 2 fully saturated rings. The van der Waals surface area contributed by atoms with E-state index in [0.717, 1.165) is 12.8 Å². The molecule has 28 heavy (non-hydrogen) atoms. The Hall–Kier alpha value is -2.38. The van der Waals surface area contributed by atoms with Gasteiger partial charge in [0.15, 0.2) is 0 Å². The second kappa shape index (κ2) is 7.93. The average molecular weight is 390 g/mol. The number of nitrogens with zero attached hydrogens (tertiary/aromatic N) is 5. The molecule has 0 aliphatic carbocycles. The molecule has 8 heteroatoms. The molecule has 154 valence electrons. The second-order valence-electron chi connectivity index (χ2n) is 8.17. The van der Waals surface area contributed by atoms with E-state index < -0.39 is 5.60 Å². The largest absolute Gasteiger partial charge is 0.441 e. The van der Waals surface area contributed by atoms with Crippen LogP contribution in [0.25, 0.3) is 0 Å². The first kappa shape index (κ1) is 20.4. The van der Waals surface area contributed by atoms with Crippen LogP contribution in [0.5, 0.6) is 0 Å². The first-order valence-corrected chi connectivity index (χ1v) is 10.1. The molecule has 1 atom stereocenters. The molecule has 0 bridgehead atoms. The zero-order chi connectivity index (χ0) is 20.5. The highest BCUT2D eigenvalue weighted by atomic mass is 16.6. The van der Waals surface area contributed by atoms with Crippen molar-refractivity contribution >= 4 is 17.9 Å². The van der Waals surface area contributed by atoms with E-state index >= 15 is 0 Å². The molecule has 0 aromatic carbocycles. The monoisotopic (exact) mass is 389 g/mol. The molecule has 3 rings (SSSR count). The van der Waals surface area contributed by atoms with Crippen molar-refractivity contribution in [1.82, 2.24) is 19.8 Å². The maximum absolute atomic E-state index is 12.9. The van der Waals surface area contributed by atoms with Crippen molar-refractivity contribution in [2.75, 3.05) is 38.6 Å². The Kier molecular flexibility index (Phi) is 5.76. The highest BCUT2D eigenvalue weighted by Gasteiger charge is 2.48. The normalized spacial score (nSPS) is 19.7. The lowest BCUT2D eigenvalue weighted by Gasteiger charge is -2.37. The number of aromatic nitrogens is 2. The highest BCUT2D eigenvalue weighted by Crippen LogP contribution is 2.35. The Bertz CT molecular complexity index is 743. The van der Waals surface area contributed by atoms with Crippen molar-refractivity contribution in [2.45, 2.75) is 58.1 Å². The van der Waals surface area contributed by atoms with E-state index in [9.17, 15) is 9.59 Å². The molecule has 1 aromatic rings. The zero-order valence-electron chi connectivity index (χ0n) is 17.6. The lowest BCUT2D eigenvalue weighted by molar-refractivity contribution is 0.00303. The lowest BCUT2D eigenvalue weighted by Crippen LogP contribution is -2.49. The van der Waals surface area contributed by atoms with Crippen molar-refractivity contribution in [3.05, 3.63) is 17.5 Å². The van der Waals surface area contributed by atoms with Crippen molar-refractivity contribution in [1.29, 1.82) is 0 Å². The number of rotatable bonds is 5. The van der Waals surface area contributed by atoms with Gasteiger partial charge in [0.2, 0.25) is 5.95 Å². The van der Waals surface area contributed by atoms with Gasteiger partial charge in [-0.2, -0.15) is 0 Å². The molecule has 0 unspecified atom stereocenters. The minimum Gasteiger partial charge on any atom is -0.441 e. The Labute approximate surface area is 166 Å². The molecule has 0 N–H and O–H groups in total. The van der Waals surface area contributed by atoms with Crippen LogP contribution in [-0.2, 0) is 4.74 Å². The van der Waals surface area contributed by atoms with E-state index in [-0.39, 0.29) is 18.0 Å². The fourth-order valence-electron chi connectivity index (χ4n) is 3.99. The first-order valence-electron chi connectivity index (χ1n) is 10.1. The second-order valence-corrected chi connectivity index (χ2v) is 8.17. The van der Waals surface area contributed by atoms with Crippen molar-refractivity contribution < 1.29 is 14.3 Å². The summed E-state index contributed by atoms with van der Waals surface area (Å²) in [5, 5.41) is 0. The van der Waals surface area contributed by atoms with E-state index in [4.69, 9.17) is 4.74 Å². The SMILES string of the molecule is CCC[C@@H](C)N1CC2(CCN(C(=O)c3cnc(N(C)C)nc3C)CC2)OC1=O. The van der Waals surface area contributed by atoms with Gasteiger partial charge in [0.1, 0.15) is 5.60 Å². The smallest absolute Gasteiger partial charge is 0.410 e. The van der Waals surface area contributed by atoms with Gasteiger partial charge in [0.05, 0.1) is 17.8 Å². The van der Waals surface area contributed by atoms with Crippen LogP contribution in [-0.4, -0.2) is 77.1 Å². The fourth-order valence-corrected chi connectivity index (χ4v) is 3.99. The molecule has 0 saturated carbocycles. The molecule has 2 aliphatic rings. The average Bonchev–Trinajstić information content (AvgIpc) is 2.98. The minimum atomic E-state index is -0.462. The molecule has 2 saturated heterocycles. The van der Waals surface area contributed by atoms with Gasteiger partial charge in [-0.15, -0.1) is 0 Å². The number of piperidine rings is 1. The number of aryl methyl sites for hydroxylation is 1. The van der Waals surface area contributed by atoms with Crippen LogP contribution >= 0.6 is 0 Å². The van der Waals surface area contributed by atoms with Gasteiger partial charge >= 0.3 is 6.09 Å². The van der Waals surface area contributed by atoms with Crippen molar-refractivity contribution in [2.24, 2.45) is 0 Å². The van der Waals surface area contributed by atoms with Gasteiger partial charge in [-0.25, -0.2) is 14.8 Å². The quantitative estimate of drug-likeness (QED) is 0.770. The maximum atomic E-state index is 12.9. The molecule has 0 radical (unpaired) electrons. The van der Waals surface area contributed by atoms with E-state index in [1.807, 2.05) is 35.7 Å². The third-order valence-corrected chi connectivity index (χ3v) is 5.79. The summed E-state index contributed by atoms with van der Waals surface area (Å²) >= 11 is 0. The van der Waals surface area contributed by atoms with Crippen LogP contribution in [0.3, 0.4) is 0 Å². The van der Waals surface area contributed by atoms with E-state index in [1.54, 1.807) is 6.20 Å². The maximum Gasteiger partial charge on any atom is 0.410 e. The third-order valence-electron chi connectivity index (χ3n) is 5.79. The summed E-state index contributed by atoms with van der Waals surface area (Å²) in [7, 11) is 3.74. The van der Waals surface area contributed by atoms with Crippen LogP contribution in [0.4, 0.5) is 10.7 Å². The van der Waals surface area contributed by atoms with Gasteiger partial charge in [0.25, 0.3) is 5.91 Å². The Morgan fingerprint density at radius 2 is 2.04 bits per heavy atom. The number of likely N-dealkylation sites (tertiary alicyclic amines) is 1. The third kappa shape index (κ3) is 3.91. The van der Waals surface area contributed by atoms with Gasteiger partial charge in [-0.1, -0.05) is 13.3 Å². The van der Waals surface area contributed by atoms with Crippen molar-refractivity contribution in [3.63, 3.8) is 0 Å². The van der Waals surface area contributed by atoms with Crippen LogP contribution in [0, 0.1) is 6.92 Å². The van der Waals surface area contributed by atoms with Crippen molar-refractivity contribution in [3.8, 4) is 0 Å². The van der Waals surface area contributed by atoms with Crippen LogP contribution in [0.1, 0.15) is 55.6 Å². The summed E-state index contributed by atoms with van der Waals surface area (Å²) < 4.78 is 5.79. The predicted octanol–water partition coefficient (Wildman–Crippen LogP) is 2.47. The number of carbonyl (C=O) groups excluding carboxylic acids is 2. The van der Waals surface area contributed by atoms with E-state index in [0.29, 0.717) is 49.7 Å². The number of carbonyl (C=O) groups is 2. The van der Waals surface area contributed by atoms with Crippen LogP contribution in [0.2, 0.25) is 0 Å². The predicted molar refractivity (Wildman–Crippen MR) is 107 cm³/mol. The number of amides is 2. The summed E-state index contributed by atoms with van der Waals surface area (Å²) in [5.41, 5.74) is 0.745. The zero-order valence-corrected chi connectivity index (χ0v) is 17.6. The first-order chi connectivity index (χ1) is 13.3. The number of ether oxygens (including phenoxy) is 1. The molecule has 1 spiro atoms. The Balaban J connectivity index is 1.64. The number of hydrogen-bond acceptors (Lipinski definition) is 6. The summed E-state index contributed by atoms with van der Waals surface area (Å²) in [5.74, 6) is 0.531. The summed E-state index contributed by atoms with van der Waals surface area (Å²) in [6.45, 7) is 7.78. The molecule has 1 aromatic heterocycles. The minimum absolute atomic E-state index is 0.0572. The summed E-state index contributed by atoms with van der Waals surface area (Å²) in [6.07, 6.45) is 4.72. The van der Waals surface area contributed by atoms with Crippen LogP contribution < -0.4 is 4.90 Å². The van der Waals surface area contributed by atoms with Crippen LogP contribution in [0.15, 0.2) is 6.20 Å². The highest BCUT2D eigenvalue weighted by molar-refractivity contribution is 5.95. The lowest BCUT2D eigenvalue weighted by atomic mass is 9.90. The fraction of sp³-hybridized carbons (Fsp3) is 0.700.